The Labute approximate surface area is 150 Å². The molecule has 0 fully saturated rings. The number of nitrogens with one attached hydrogen (secondary N) is 1. The zero-order chi connectivity index (χ0) is 20.2. The highest BCUT2D eigenvalue weighted by molar-refractivity contribution is 7.84. The van der Waals surface area contributed by atoms with E-state index in [0.717, 1.165) is 0 Å². The number of rotatable bonds is 15. The third-order valence-electron chi connectivity index (χ3n) is 3.20. The Hall–Kier alpha value is -1.39. The van der Waals surface area contributed by atoms with E-state index in [0.29, 0.717) is 0 Å². The number of aliphatic hydroxyl groups is 3. The number of aliphatic hydroxyl groups excluding tert-OH is 3. The molecule has 0 rings (SSSR count). The Morgan fingerprint density at radius 3 is 2.08 bits per heavy atom. The van der Waals surface area contributed by atoms with Gasteiger partial charge in [-0.25, -0.2) is 5.14 Å². The molecule has 0 aromatic heterocycles. The summed E-state index contributed by atoms with van der Waals surface area (Å²) in [5, 5.41) is 43.2. The highest BCUT2D eigenvalue weighted by Crippen LogP contribution is 2.01. The molecule has 0 atom stereocenters. The van der Waals surface area contributed by atoms with Crippen molar-refractivity contribution in [3.63, 3.8) is 0 Å². The number of nitrogens with zero attached hydrogens (tertiary/aromatic N) is 1. The SMILES string of the molecule is NS(=O)(=O)OCCN(CCOC(=O)CNC(CO)(CO)CO)CC(=O)O. The van der Waals surface area contributed by atoms with E-state index in [9.17, 15) is 18.0 Å². The van der Waals surface area contributed by atoms with Gasteiger partial charge in [-0.3, -0.25) is 24.0 Å². The molecule has 0 saturated heterocycles. The second-order valence-corrected chi connectivity index (χ2v) is 6.53. The van der Waals surface area contributed by atoms with Crippen molar-refractivity contribution in [1.82, 2.24) is 10.2 Å². The lowest BCUT2D eigenvalue weighted by Crippen LogP contribution is -2.56. The first-order valence-corrected chi connectivity index (χ1v) is 8.89. The fourth-order valence-electron chi connectivity index (χ4n) is 1.66. The summed E-state index contributed by atoms with van der Waals surface area (Å²) in [6, 6.07) is 0. The lowest BCUT2D eigenvalue weighted by atomic mass is 10.0. The quantitative estimate of drug-likeness (QED) is 0.143. The minimum absolute atomic E-state index is 0.0167. The van der Waals surface area contributed by atoms with Gasteiger partial charge in [0.15, 0.2) is 0 Å². The summed E-state index contributed by atoms with van der Waals surface area (Å²) in [6.45, 7) is -3.34. The smallest absolute Gasteiger partial charge is 0.333 e. The molecule has 0 aromatic rings. The van der Waals surface area contributed by atoms with Crippen molar-refractivity contribution in [2.45, 2.75) is 5.54 Å². The van der Waals surface area contributed by atoms with Crippen molar-refractivity contribution >= 4 is 22.2 Å². The van der Waals surface area contributed by atoms with E-state index in [1.165, 1.54) is 4.90 Å². The minimum Gasteiger partial charge on any atom is -0.480 e. The van der Waals surface area contributed by atoms with E-state index < -0.39 is 60.7 Å². The number of carbonyl (C=O) groups excluding carboxylic acids is 1. The Balaban J connectivity index is 4.30. The molecule has 0 spiro atoms. The maximum atomic E-state index is 11.6. The summed E-state index contributed by atoms with van der Waals surface area (Å²) >= 11 is 0. The van der Waals surface area contributed by atoms with Gasteiger partial charge in [0, 0.05) is 13.1 Å². The van der Waals surface area contributed by atoms with Gasteiger partial charge in [0.25, 0.3) is 0 Å². The van der Waals surface area contributed by atoms with E-state index in [2.05, 4.69) is 14.6 Å². The molecule has 0 aromatic carbocycles. The van der Waals surface area contributed by atoms with Crippen LogP contribution in [0.3, 0.4) is 0 Å². The van der Waals surface area contributed by atoms with Crippen LogP contribution < -0.4 is 10.5 Å². The van der Waals surface area contributed by atoms with E-state index in [1.807, 2.05) is 0 Å². The Morgan fingerprint density at radius 2 is 1.62 bits per heavy atom. The fourth-order valence-corrected chi connectivity index (χ4v) is 1.97. The lowest BCUT2D eigenvalue weighted by molar-refractivity contribution is -0.144. The van der Waals surface area contributed by atoms with E-state index >= 15 is 0 Å². The van der Waals surface area contributed by atoms with E-state index in [-0.39, 0.29) is 26.3 Å². The van der Waals surface area contributed by atoms with Gasteiger partial charge in [-0.2, -0.15) is 8.42 Å². The average molecular weight is 403 g/mol. The summed E-state index contributed by atoms with van der Waals surface area (Å²) in [7, 11) is -4.14. The molecule has 0 aliphatic carbocycles. The molecule has 0 radical (unpaired) electrons. The molecule has 0 unspecified atom stereocenters. The second kappa shape index (κ2) is 12.1. The molecule has 0 heterocycles. The van der Waals surface area contributed by atoms with Crippen molar-refractivity contribution in [1.29, 1.82) is 0 Å². The van der Waals surface area contributed by atoms with Gasteiger partial charge in [-0.05, 0) is 0 Å². The molecular formula is C12H25N3O10S. The molecule has 0 aliphatic rings. The molecule has 7 N–H and O–H groups in total. The molecule has 0 amide bonds. The highest BCUT2D eigenvalue weighted by Gasteiger charge is 2.28. The number of nitrogens with two attached hydrogens (primary N) is 1. The predicted octanol–water partition coefficient (Wildman–Crippen LogP) is -4.56. The summed E-state index contributed by atoms with van der Waals surface area (Å²) in [6.07, 6.45) is 0. The average Bonchev–Trinajstić information content (AvgIpc) is 2.55. The van der Waals surface area contributed by atoms with Gasteiger partial charge >= 0.3 is 22.2 Å². The fraction of sp³-hybridized carbons (Fsp3) is 0.833. The van der Waals surface area contributed by atoms with Crippen LogP contribution in [0.2, 0.25) is 0 Å². The van der Waals surface area contributed by atoms with Gasteiger partial charge in [-0.15, -0.1) is 0 Å². The number of carbonyl (C=O) groups is 2. The second-order valence-electron chi connectivity index (χ2n) is 5.31. The first-order valence-electron chi connectivity index (χ1n) is 7.42. The standard InChI is InChI=1S/C12H25N3O10S/c13-26(22,23)25-4-2-15(6-10(19)20)1-3-24-11(21)5-14-12(7-16,8-17)9-18/h14,16-18H,1-9H2,(H,19,20)(H2,13,22,23). The van der Waals surface area contributed by atoms with Crippen molar-refractivity contribution in [2.75, 3.05) is 59.2 Å². The topological polar surface area (TPSA) is 209 Å². The monoisotopic (exact) mass is 403 g/mol. The molecule has 14 heteroatoms. The maximum absolute atomic E-state index is 11.6. The number of aliphatic carboxylic acids is 1. The molecule has 13 nitrogen and oxygen atoms in total. The molecule has 0 aliphatic heterocycles. The number of carboxylic acids is 1. The van der Waals surface area contributed by atoms with Crippen molar-refractivity contribution in [3.8, 4) is 0 Å². The van der Waals surface area contributed by atoms with E-state index in [1.54, 1.807) is 0 Å². The normalized spacial score (nSPS) is 12.3. The number of esters is 1. The molecular weight excluding hydrogens is 378 g/mol. The summed E-state index contributed by atoms with van der Waals surface area (Å²) in [5.74, 6) is -1.94. The van der Waals surface area contributed by atoms with Crippen LogP contribution in [-0.2, 0) is 28.8 Å². The van der Waals surface area contributed by atoms with Crippen molar-refractivity contribution in [2.24, 2.45) is 5.14 Å². The van der Waals surface area contributed by atoms with Gasteiger partial charge in [-0.1, -0.05) is 0 Å². The van der Waals surface area contributed by atoms with Crippen LogP contribution in [0.1, 0.15) is 0 Å². The summed E-state index contributed by atoms with van der Waals surface area (Å²) in [5.41, 5.74) is -1.43. The van der Waals surface area contributed by atoms with Crippen LogP contribution >= 0.6 is 0 Å². The Morgan fingerprint density at radius 1 is 1.08 bits per heavy atom. The van der Waals surface area contributed by atoms with Crippen LogP contribution in [0.5, 0.6) is 0 Å². The number of hydrogen-bond acceptors (Lipinski definition) is 11. The van der Waals surface area contributed by atoms with Crippen LogP contribution in [-0.4, -0.2) is 110 Å². The first kappa shape index (κ1) is 24.6. The number of carboxylic acid groups (broad SMARTS) is 1. The minimum atomic E-state index is -4.14. The first-order chi connectivity index (χ1) is 12.1. The van der Waals surface area contributed by atoms with Crippen molar-refractivity contribution < 1.29 is 47.4 Å². The number of hydrogen-bond donors (Lipinski definition) is 6. The van der Waals surface area contributed by atoms with Crippen LogP contribution in [0.15, 0.2) is 0 Å². The molecule has 0 saturated carbocycles. The van der Waals surface area contributed by atoms with Crippen LogP contribution in [0, 0.1) is 0 Å². The number of ether oxygens (including phenoxy) is 1. The zero-order valence-corrected chi connectivity index (χ0v) is 14.9. The van der Waals surface area contributed by atoms with Gasteiger partial charge in [0.1, 0.15) is 6.61 Å². The van der Waals surface area contributed by atoms with Gasteiger partial charge in [0.05, 0.1) is 45.1 Å². The Bertz CT molecular complexity index is 529. The lowest BCUT2D eigenvalue weighted by Gasteiger charge is -2.28. The highest BCUT2D eigenvalue weighted by atomic mass is 32.2. The summed E-state index contributed by atoms with van der Waals surface area (Å²) < 4.78 is 30.5. The Kier molecular flexibility index (Phi) is 11.4. The largest absolute Gasteiger partial charge is 0.480 e. The maximum Gasteiger partial charge on any atom is 0.333 e. The van der Waals surface area contributed by atoms with E-state index in [4.69, 9.17) is 25.2 Å². The predicted molar refractivity (Wildman–Crippen MR) is 86.1 cm³/mol. The van der Waals surface area contributed by atoms with Gasteiger partial charge < -0.3 is 25.2 Å². The van der Waals surface area contributed by atoms with Crippen LogP contribution in [0.4, 0.5) is 0 Å². The summed E-state index contributed by atoms with van der Waals surface area (Å²) in [4.78, 5) is 23.6. The van der Waals surface area contributed by atoms with Crippen molar-refractivity contribution in [3.05, 3.63) is 0 Å². The third kappa shape index (κ3) is 11.3. The van der Waals surface area contributed by atoms with Crippen LogP contribution in [0.25, 0.3) is 0 Å². The molecule has 154 valence electrons. The third-order valence-corrected chi connectivity index (χ3v) is 3.70. The zero-order valence-electron chi connectivity index (χ0n) is 14.0. The molecule has 26 heavy (non-hydrogen) atoms. The molecule has 0 bridgehead atoms. The van der Waals surface area contributed by atoms with Gasteiger partial charge in [0.2, 0.25) is 0 Å².